The maximum absolute atomic E-state index is 12.5. The van der Waals surface area contributed by atoms with Gasteiger partial charge in [0.25, 0.3) is 5.91 Å². The van der Waals surface area contributed by atoms with Gasteiger partial charge in [0.2, 0.25) is 0 Å². The van der Waals surface area contributed by atoms with Gasteiger partial charge in [-0.05, 0) is 45.4 Å². The van der Waals surface area contributed by atoms with Crippen molar-refractivity contribution in [1.29, 1.82) is 0 Å². The number of hydrogen-bond acceptors (Lipinski definition) is 8. The topological polar surface area (TPSA) is 93.4 Å². The Kier molecular flexibility index (Phi) is 5.83. The van der Waals surface area contributed by atoms with E-state index in [2.05, 4.69) is 39.4 Å². The van der Waals surface area contributed by atoms with E-state index < -0.39 is 0 Å². The summed E-state index contributed by atoms with van der Waals surface area (Å²) in [4.78, 5) is 25.1. The fourth-order valence-corrected chi connectivity index (χ4v) is 4.71. The van der Waals surface area contributed by atoms with E-state index >= 15 is 0 Å². The minimum Gasteiger partial charge on any atom is -0.377 e. The third-order valence-corrected chi connectivity index (χ3v) is 6.10. The van der Waals surface area contributed by atoms with Crippen LogP contribution < -0.4 is 10.2 Å². The Bertz CT molecular complexity index is 1040. The number of aromatic nitrogens is 3. The predicted molar refractivity (Wildman–Crippen MR) is 115 cm³/mol. The van der Waals surface area contributed by atoms with Crippen LogP contribution in [0.5, 0.6) is 0 Å². The summed E-state index contributed by atoms with van der Waals surface area (Å²) in [6, 6.07) is 5.98. The Morgan fingerprint density at radius 1 is 1.23 bits per heavy atom. The average molecular weight is 428 g/mol. The van der Waals surface area contributed by atoms with Crippen molar-refractivity contribution in [2.24, 2.45) is 0 Å². The first-order chi connectivity index (χ1) is 14.4. The lowest BCUT2D eigenvalue weighted by Crippen LogP contribution is -2.43. The zero-order chi connectivity index (χ0) is 21.3. The summed E-state index contributed by atoms with van der Waals surface area (Å²) in [6.45, 7) is 10.3. The molecular formula is C21H25N5O3S. The van der Waals surface area contributed by atoms with Crippen LogP contribution in [0.2, 0.25) is 0 Å². The number of aryl methyl sites for hydroxylation is 3. The van der Waals surface area contributed by atoms with Gasteiger partial charge in [0.05, 0.1) is 36.4 Å². The molecule has 1 N–H and O–H groups in total. The molecule has 3 aromatic heterocycles. The van der Waals surface area contributed by atoms with Crippen molar-refractivity contribution in [2.45, 2.75) is 40.3 Å². The van der Waals surface area contributed by atoms with Gasteiger partial charge in [-0.3, -0.25) is 9.78 Å². The van der Waals surface area contributed by atoms with Crippen molar-refractivity contribution < 1.29 is 14.1 Å². The van der Waals surface area contributed by atoms with Gasteiger partial charge < -0.3 is 19.5 Å². The van der Waals surface area contributed by atoms with E-state index in [0.29, 0.717) is 25.5 Å². The molecule has 4 rings (SSSR count). The number of hydrogen-bond donors (Lipinski definition) is 1. The third kappa shape index (κ3) is 4.36. The number of carbonyl (C=O) groups is 1. The van der Waals surface area contributed by atoms with Gasteiger partial charge in [-0.15, -0.1) is 0 Å². The molecular weight excluding hydrogens is 402 g/mol. The van der Waals surface area contributed by atoms with E-state index in [1.54, 1.807) is 24.3 Å². The summed E-state index contributed by atoms with van der Waals surface area (Å²) < 4.78 is 10.6. The molecule has 0 unspecified atom stereocenters. The van der Waals surface area contributed by atoms with E-state index in [0.717, 1.165) is 39.2 Å². The van der Waals surface area contributed by atoms with Crippen molar-refractivity contribution in [3.63, 3.8) is 0 Å². The average Bonchev–Trinajstić information content (AvgIpc) is 3.32. The fourth-order valence-electron chi connectivity index (χ4n) is 3.51. The van der Waals surface area contributed by atoms with Gasteiger partial charge in [0.15, 0.2) is 10.8 Å². The van der Waals surface area contributed by atoms with Crippen LogP contribution >= 0.6 is 11.3 Å². The van der Waals surface area contributed by atoms with Crippen molar-refractivity contribution in [3.05, 3.63) is 46.7 Å². The second-order valence-electron chi connectivity index (χ2n) is 7.53. The minimum absolute atomic E-state index is 0.249. The normalized spacial score (nSPS) is 16.7. The molecule has 0 bridgehead atoms. The number of ether oxygens (including phenoxy) is 1. The molecule has 0 radical (unpaired) electrons. The van der Waals surface area contributed by atoms with E-state index in [4.69, 9.17) is 14.2 Å². The highest BCUT2D eigenvalue weighted by atomic mass is 32.1. The molecule has 3 aromatic rings. The molecule has 1 aliphatic rings. The van der Waals surface area contributed by atoms with Crippen LogP contribution in [0.4, 0.5) is 5.13 Å². The van der Waals surface area contributed by atoms with Gasteiger partial charge in [-0.25, -0.2) is 4.98 Å². The Hall–Kier alpha value is -2.78. The number of nitrogens with one attached hydrogen (secondary N) is 1. The number of rotatable bonds is 5. The monoisotopic (exact) mass is 427 g/mol. The predicted octanol–water partition coefficient (Wildman–Crippen LogP) is 3.27. The van der Waals surface area contributed by atoms with E-state index in [1.165, 1.54) is 0 Å². The van der Waals surface area contributed by atoms with Crippen LogP contribution in [0.1, 0.15) is 40.3 Å². The van der Waals surface area contributed by atoms with E-state index in [-0.39, 0.29) is 17.6 Å². The third-order valence-electron chi connectivity index (χ3n) is 4.92. The van der Waals surface area contributed by atoms with Crippen LogP contribution in [0.3, 0.4) is 0 Å². The molecule has 8 nitrogen and oxygen atoms in total. The van der Waals surface area contributed by atoms with Gasteiger partial charge in [0.1, 0.15) is 5.76 Å². The van der Waals surface area contributed by atoms with Crippen molar-refractivity contribution in [1.82, 2.24) is 20.4 Å². The summed E-state index contributed by atoms with van der Waals surface area (Å²) in [6.07, 6.45) is 0. The molecule has 158 valence electrons. The van der Waals surface area contributed by atoms with Crippen molar-refractivity contribution in [2.75, 3.05) is 24.7 Å². The van der Waals surface area contributed by atoms with E-state index in [9.17, 15) is 4.79 Å². The summed E-state index contributed by atoms with van der Waals surface area (Å²) >= 11 is 1.64. The Labute approximate surface area is 179 Å². The summed E-state index contributed by atoms with van der Waals surface area (Å²) in [5, 5.41) is 7.64. The lowest BCUT2D eigenvalue weighted by atomic mass is 10.1. The molecule has 1 saturated heterocycles. The smallest absolute Gasteiger partial charge is 0.273 e. The summed E-state index contributed by atoms with van der Waals surface area (Å²) in [5.74, 6) is 0.315. The molecule has 0 aromatic carbocycles. The highest BCUT2D eigenvalue weighted by Crippen LogP contribution is 2.36. The molecule has 0 aliphatic carbocycles. The Morgan fingerprint density at radius 3 is 2.67 bits per heavy atom. The first-order valence-corrected chi connectivity index (χ1v) is 10.7. The molecule has 1 atom stereocenters. The lowest BCUT2D eigenvalue weighted by Gasteiger charge is -2.32. The number of anilines is 1. The van der Waals surface area contributed by atoms with Crippen LogP contribution in [0.15, 0.2) is 22.7 Å². The number of morpholine rings is 1. The molecule has 0 saturated carbocycles. The molecule has 4 heterocycles. The maximum atomic E-state index is 12.5. The summed E-state index contributed by atoms with van der Waals surface area (Å²) in [5.41, 5.74) is 4.06. The zero-order valence-corrected chi connectivity index (χ0v) is 18.4. The standard InChI is InChI=1S/C21H25N5O3S/c1-12-7-16(8-13(2)23-12)19-18(10-22-20(27)17-9-15(4)29-25-17)24-21(30-19)26-5-6-28-11-14(26)3/h7-9,14H,5-6,10-11H2,1-4H3,(H,22,27)/t14-/m0/s1. The SMILES string of the molecule is Cc1cc(-c2sc(N3CCOC[C@@H]3C)nc2CNC(=O)c2cc(C)on2)cc(C)n1. The summed E-state index contributed by atoms with van der Waals surface area (Å²) in [7, 11) is 0. The highest BCUT2D eigenvalue weighted by Gasteiger charge is 2.25. The van der Waals surface area contributed by atoms with Crippen LogP contribution in [-0.2, 0) is 11.3 Å². The molecule has 1 fully saturated rings. The molecule has 9 heteroatoms. The van der Waals surface area contributed by atoms with Crippen LogP contribution in [-0.4, -0.2) is 46.8 Å². The highest BCUT2D eigenvalue weighted by molar-refractivity contribution is 7.19. The second-order valence-corrected chi connectivity index (χ2v) is 8.51. The zero-order valence-electron chi connectivity index (χ0n) is 17.6. The molecule has 0 spiro atoms. The van der Waals surface area contributed by atoms with Crippen LogP contribution in [0.25, 0.3) is 10.4 Å². The minimum atomic E-state index is -0.283. The molecule has 30 heavy (non-hydrogen) atoms. The Balaban J connectivity index is 1.65. The number of nitrogens with zero attached hydrogens (tertiary/aromatic N) is 4. The number of carbonyl (C=O) groups excluding carboxylic acids is 1. The van der Waals surface area contributed by atoms with Crippen molar-refractivity contribution >= 4 is 22.4 Å². The van der Waals surface area contributed by atoms with Gasteiger partial charge >= 0.3 is 0 Å². The maximum Gasteiger partial charge on any atom is 0.273 e. The van der Waals surface area contributed by atoms with E-state index in [1.807, 2.05) is 13.8 Å². The Morgan fingerprint density at radius 2 is 2.00 bits per heavy atom. The first kappa shape index (κ1) is 20.5. The largest absolute Gasteiger partial charge is 0.377 e. The number of amides is 1. The second kappa shape index (κ2) is 8.53. The molecule has 1 amide bonds. The quantitative estimate of drug-likeness (QED) is 0.668. The van der Waals surface area contributed by atoms with Crippen molar-refractivity contribution in [3.8, 4) is 10.4 Å². The number of thiazole rings is 1. The van der Waals surface area contributed by atoms with Gasteiger partial charge in [-0.2, -0.15) is 0 Å². The molecule has 1 aliphatic heterocycles. The van der Waals surface area contributed by atoms with Gasteiger partial charge in [0, 0.05) is 24.0 Å². The number of pyridine rings is 1. The van der Waals surface area contributed by atoms with Crippen LogP contribution in [0, 0.1) is 20.8 Å². The van der Waals surface area contributed by atoms with Gasteiger partial charge in [-0.1, -0.05) is 16.5 Å². The first-order valence-electron chi connectivity index (χ1n) is 9.92. The fraction of sp³-hybridized carbons (Fsp3) is 0.429. The lowest BCUT2D eigenvalue weighted by molar-refractivity contribution is 0.0941.